The van der Waals surface area contributed by atoms with E-state index in [1.54, 1.807) is 24.3 Å². The fourth-order valence-corrected chi connectivity index (χ4v) is 2.07. The van der Waals surface area contributed by atoms with Gasteiger partial charge in [-0.1, -0.05) is 18.2 Å². The van der Waals surface area contributed by atoms with Gasteiger partial charge < -0.3 is 14.3 Å². The van der Waals surface area contributed by atoms with Crippen LogP contribution in [0, 0.1) is 5.41 Å². The summed E-state index contributed by atoms with van der Waals surface area (Å²) in [5.74, 6) is -1.60. The molecular formula is C13H10O5. The highest BCUT2D eigenvalue weighted by molar-refractivity contribution is 6.18. The van der Waals surface area contributed by atoms with Crippen LogP contribution in [0.15, 0.2) is 34.9 Å². The van der Waals surface area contributed by atoms with E-state index in [2.05, 4.69) is 0 Å². The first-order chi connectivity index (χ1) is 8.65. The van der Waals surface area contributed by atoms with Gasteiger partial charge in [0.25, 0.3) is 0 Å². The predicted molar refractivity (Wildman–Crippen MR) is 61.4 cm³/mol. The van der Waals surface area contributed by atoms with E-state index in [0.717, 1.165) is 0 Å². The zero-order valence-electron chi connectivity index (χ0n) is 9.38. The van der Waals surface area contributed by atoms with E-state index in [-0.39, 0.29) is 13.2 Å². The van der Waals surface area contributed by atoms with Gasteiger partial charge in [-0.15, -0.1) is 0 Å². The van der Waals surface area contributed by atoms with Crippen LogP contribution in [0.3, 0.4) is 0 Å². The van der Waals surface area contributed by atoms with E-state index in [4.69, 9.17) is 9.15 Å². The first kappa shape index (κ1) is 11.0. The maximum Gasteiger partial charge on any atom is 0.322 e. The number of fused-ring (bicyclic) bond motifs is 1. The van der Waals surface area contributed by atoms with Crippen molar-refractivity contribution in [3.63, 3.8) is 0 Å². The number of carboxylic acid groups (broad SMARTS) is 1. The maximum atomic E-state index is 12.3. The molecule has 5 nitrogen and oxygen atoms in total. The van der Waals surface area contributed by atoms with Crippen LogP contribution in [0.5, 0.6) is 0 Å². The van der Waals surface area contributed by atoms with Crippen molar-refractivity contribution in [1.29, 1.82) is 0 Å². The van der Waals surface area contributed by atoms with E-state index in [1.165, 1.54) is 6.26 Å². The second kappa shape index (κ2) is 3.68. The van der Waals surface area contributed by atoms with Crippen molar-refractivity contribution in [2.75, 3.05) is 13.2 Å². The van der Waals surface area contributed by atoms with Gasteiger partial charge in [-0.3, -0.25) is 9.59 Å². The molecular weight excluding hydrogens is 236 g/mol. The van der Waals surface area contributed by atoms with Crippen LogP contribution in [0.25, 0.3) is 11.0 Å². The number of hydrogen-bond donors (Lipinski definition) is 1. The van der Waals surface area contributed by atoms with Gasteiger partial charge in [0.15, 0.2) is 11.2 Å². The lowest BCUT2D eigenvalue weighted by molar-refractivity contribution is -0.168. The predicted octanol–water partition coefficient (Wildman–Crippen LogP) is 1.72. The molecule has 1 fully saturated rings. The topological polar surface area (TPSA) is 76.7 Å². The monoisotopic (exact) mass is 246 g/mol. The quantitative estimate of drug-likeness (QED) is 0.659. The highest BCUT2D eigenvalue weighted by Crippen LogP contribution is 2.35. The van der Waals surface area contributed by atoms with E-state index < -0.39 is 17.2 Å². The molecule has 0 bridgehead atoms. The Morgan fingerprint density at radius 2 is 1.94 bits per heavy atom. The van der Waals surface area contributed by atoms with Crippen molar-refractivity contribution in [3.05, 3.63) is 36.1 Å². The van der Waals surface area contributed by atoms with Crippen LogP contribution in [0.1, 0.15) is 10.4 Å². The molecule has 1 aromatic carbocycles. The van der Waals surface area contributed by atoms with Crippen LogP contribution < -0.4 is 0 Å². The molecule has 0 atom stereocenters. The van der Waals surface area contributed by atoms with Gasteiger partial charge >= 0.3 is 5.97 Å². The molecule has 5 heteroatoms. The van der Waals surface area contributed by atoms with Crippen molar-refractivity contribution in [2.45, 2.75) is 0 Å². The largest absolute Gasteiger partial charge is 0.480 e. The van der Waals surface area contributed by atoms with Crippen LogP contribution in [-0.2, 0) is 9.53 Å². The molecule has 0 unspecified atom stereocenters. The van der Waals surface area contributed by atoms with Crippen molar-refractivity contribution in [2.24, 2.45) is 5.41 Å². The number of carboxylic acids is 1. The number of aliphatic carboxylic acids is 1. The summed E-state index contributed by atoms with van der Waals surface area (Å²) in [7, 11) is 0. The van der Waals surface area contributed by atoms with Crippen molar-refractivity contribution < 1.29 is 23.8 Å². The van der Waals surface area contributed by atoms with Gasteiger partial charge in [-0.25, -0.2) is 0 Å². The van der Waals surface area contributed by atoms with E-state index in [1.807, 2.05) is 0 Å². The fourth-order valence-electron chi connectivity index (χ4n) is 2.07. The molecule has 0 radical (unpaired) electrons. The zero-order valence-corrected chi connectivity index (χ0v) is 9.38. The van der Waals surface area contributed by atoms with Gasteiger partial charge in [0.05, 0.1) is 18.8 Å². The normalized spacial score (nSPS) is 17.3. The Morgan fingerprint density at radius 1 is 1.22 bits per heavy atom. The Morgan fingerprint density at radius 3 is 2.56 bits per heavy atom. The molecule has 3 rings (SSSR count). The maximum absolute atomic E-state index is 12.3. The average molecular weight is 246 g/mol. The number of furan rings is 1. The standard InChI is InChI=1S/C13H10O5/c14-11(13(12(15)16)6-17-7-13)9-5-18-10-4-2-1-3-8(9)10/h1-5H,6-7H2,(H,15,16). The Labute approximate surface area is 102 Å². The number of benzene rings is 1. The lowest BCUT2D eigenvalue weighted by Gasteiger charge is -2.35. The van der Waals surface area contributed by atoms with Gasteiger partial charge in [0, 0.05) is 5.39 Å². The Balaban J connectivity index is 2.10. The van der Waals surface area contributed by atoms with E-state index >= 15 is 0 Å². The first-order valence-corrected chi connectivity index (χ1v) is 5.47. The summed E-state index contributed by atoms with van der Waals surface area (Å²) in [6, 6.07) is 7.04. The van der Waals surface area contributed by atoms with E-state index in [9.17, 15) is 14.7 Å². The fraction of sp³-hybridized carbons (Fsp3) is 0.231. The number of hydrogen-bond acceptors (Lipinski definition) is 4. The first-order valence-electron chi connectivity index (χ1n) is 5.47. The molecule has 18 heavy (non-hydrogen) atoms. The Hall–Kier alpha value is -2.14. The molecule has 0 spiro atoms. The van der Waals surface area contributed by atoms with Crippen molar-refractivity contribution >= 4 is 22.7 Å². The molecule has 92 valence electrons. The summed E-state index contributed by atoms with van der Waals surface area (Å²) in [4.78, 5) is 23.6. The summed E-state index contributed by atoms with van der Waals surface area (Å²) < 4.78 is 10.2. The number of rotatable bonds is 3. The van der Waals surface area contributed by atoms with Gasteiger partial charge in [0.2, 0.25) is 0 Å². The molecule has 0 aliphatic carbocycles. The van der Waals surface area contributed by atoms with Gasteiger partial charge in [-0.2, -0.15) is 0 Å². The molecule has 1 N–H and O–H groups in total. The molecule has 1 aromatic heterocycles. The highest BCUT2D eigenvalue weighted by Gasteiger charge is 2.53. The third-order valence-corrected chi connectivity index (χ3v) is 3.27. The van der Waals surface area contributed by atoms with Crippen LogP contribution in [0.4, 0.5) is 0 Å². The number of ether oxygens (including phenoxy) is 1. The molecule has 1 aliphatic rings. The minimum absolute atomic E-state index is 0.0827. The molecule has 1 aliphatic heterocycles. The molecule has 0 amide bonds. The van der Waals surface area contributed by atoms with Crippen LogP contribution in [0.2, 0.25) is 0 Å². The molecule has 2 aromatic rings. The highest BCUT2D eigenvalue weighted by atomic mass is 16.5. The second-order valence-electron chi connectivity index (χ2n) is 4.35. The number of Topliss-reactive ketones (excluding diaryl/α,β-unsaturated/α-hetero) is 1. The second-order valence-corrected chi connectivity index (χ2v) is 4.35. The number of ketones is 1. The molecule has 1 saturated heterocycles. The van der Waals surface area contributed by atoms with Crippen LogP contribution >= 0.6 is 0 Å². The minimum atomic E-state index is -1.45. The Kier molecular flexibility index (Phi) is 2.24. The summed E-state index contributed by atoms with van der Waals surface area (Å²) >= 11 is 0. The van der Waals surface area contributed by atoms with Crippen molar-refractivity contribution in [3.8, 4) is 0 Å². The zero-order chi connectivity index (χ0) is 12.8. The summed E-state index contributed by atoms with van der Waals surface area (Å²) in [5.41, 5.74) is -0.579. The van der Waals surface area contributed by atoms with E-state index in [0.29, 0.717) is 16.5 Å². The smallest absolute Gasteiger partial charge is 0.322 e. The SMILES string of the molecule is O=C(O)C1(C(=O)c2coc3ccccc23)COC1. The molecule has 2 heterocycles. The lowest BCUT2D eigenvalue weighted by atomic mass is 9.78. The third kappa shape index (κ3) is 1.31. The van der Waals surface area contributed by atoms with Gasteiger partial charge in [0.1, 0.15) is 11.8 Å². The number of carbonyl (C=O) groups excluding carboxylic acids is 1. The molecule has 0 saturated carbocycles. The number of carbonyl (C=O) groups is 2. The Bertz CT molecular complexity index is 636. The van der Waals surface area contributed by atoms with Crippen molar-refractivity contribution in [1.82, 2.24) is 0 Å². The third-order valence-electron chi connectivity index (χ3n) is 3.27. The minimum Gasteiger partial charge on any atom is -0.480 e. The average Bonchev–Trinajstić information content (AvgIpc) is 2.70. The van der Waals surface area contributed by atoms with Crippen LogP contribution in [-0.4, -0.2) is 30.1 Å². The summed E-state index contributed by atoms with van der Waals surface area (Å²) in [6.45, 7) is -0.165. The summed E-state index contributed by atoms with van der Waals surface area (Å²) in [5, 5.41) is 9.83. The summed E-state index contributed by atoms with van der Waals surface area (Å²) in [6.07, 6.45) is 1.32. The van der Waals surface area contributed by atoms with Gasteiger partial charge in [-0.05, 0) is 6.07 Å². The lowest BCUT2D eigenvalue weighted by Crippen LogP contribution is -2.54. The number of para-hydroxylation sites is 1.